The smallest absolute Gasteiger partial charge is 0.337 e. The van der Waals surface area contributed by atoms with Crippen molar-refractivity contribution in [1.29, 1.82) is 0 Å². The molecule has 3 rings (SSSR count). The fourth-order valence-corrected chi connectivity index (χ4v) is 2.90. The molecule has 0 amide bonds. The zero-order valence-corrected chi connectivity index (χ0v) is 14.7. The molecule has 7 heteroatoms. The van der Waals surface area contributed by atoms with Gasteiger partial charge in [-0.3, -0.25) is 9.36 Å². The second-order valence-electron chi connectivity index (χ2n) is 6.01. The zero-order chi connectivity index (χ0) is 18.0. The molecule has 0 aliphatic carbocycles. The Kier molecular flexibility index (Phi) is 4.85. The van der Waals surface area contributed by atoms with E-state index >= 15 is 0 Å². The third-order valence-electron chi connectivity index (χ3n) is 4.18. The van der Waals surface area contributed by atoms with Crippen LogP contribution in [-0.4, -0.2) is 32.4 Å². The average molecular weight is 342 g/mol. The molecular formula is C18H22N4O3. The van der Waals surface area contributed by atoms with Crippen LogP contribution in [0.2, 0.25) is 0 Å². The molecule has 0 saturated heterocycles. The van der Waals surface area contributed by atoms with E-state index in [0.29, 0.717) is 23.4 Å². The molecular weight excluding hydrogens is 320 g/mol. The van der Waals surface area contributed by atoms with Gasteiger partial charge in [0.2, 0.25) is 0 Å². The van der Waals surface area contributed by atoms with Gasteiger partial charge in [-0.15, -0.1) is 0 Å². The van der Waals surface area contributed by atoms with E-state index < -0.39 is 5.69 Å². The van der Waals surface area contributed by atoms with Gasteiger partial charge in [0.15, 0.2) is 11.2 Å². The average Bonchev–Trinajstić information content (AvgIpc) is 3.00. The summed E-state index contributed by atoms with van der Waals surface area (Å²) >= 11 is 0. The van der Waals surface area contributed by atoms with Crippen molar-refractivity contribution in [2.45, 2.75) is 33.4 Å². The highest BCUT2D eigenvalue weighted by molar-refractivity contribution is 5.72. The molecule has 0 N–H and O–H groups in total. The lowest BCUT2D eigenvalue weighted by molar-refractivity contribution is 0.184. The van der Waals surface area contributed by atoms with Gasteiger partial charge in [0.1, 0.15) is 0 Å². The minimum Gasteiger partial charge on any atom is -0.383 e. The molecule has 0 aliphatic heterocycles. The van der Waals surface area contributed by atoms with Crippen molar-refractivity contribution in [2.24, 2.45) is 0 Å². The Morgan fingerprint density at radius 1 is 1.12 bits per heavy atom. The molecule has 1 aromatic carbocycles. The largest absolute Gasteiger partial charge is 0.383 e. The van der Waals surface area contributed by atoms with E-state index in [1.54, 1.807) is 13.4 Å². The van der Waals surface area contributed by atoms with Crippen LogP contribution in [0.25, 0.3) is 16.9 Å². The molecule has 0 unspecified atom stereocenters. The van der Waals surface area contributed by atoms with Crippen molar-refractivity contribution in [2.75, 3.05) is 13.7 Å². The van der Waals surface area contributed by atoms with Gasteiger partial charge in [0.05, 0.1) is 25.2 Å². The van der Waals surface area contributed by atoms with Crippen molar-refractivity contribution < 1.29 is 4.74 Å². The lowest BCUT2D eigenvalue weighted by atomic mass is 10.2. The van der Waals surface area contributed by atoms with Crippen molar-refractivity contribution in [1.82, 2.24) is 18.7 Å². The maximum atomic E-state index is 13.0. The van der Waals surface area contributed by atoms with E-state index in [1.165, 1.54) is 9.13 Å². The van der Waals surface area contributed by atoms with Crippen molar-refractivity contribution in [3.8, 4) is 5.69 Å². The van der Waals surface area contributed by atoms with Crippen LogP contribution in [0.1, 0.15) is 18.9 Å². The number of hydrogen-bond donors (Lipinski definition) is 0. The van der Waals surface area contributed by atoms with Gasteiger partial charge in [0.25, 0.3) is 5.56 Å². The number of imidazole rings is 1. The first-order valence-corrected chi connectivity index (χ1v) is 8.35. The minimum absolute atomic E-state index is 0.202. The number of aromatic nitrogens is 4. The van der Waals surface area contributed by atoms with Gasteiger partial charge in [-0.05, 0) is 25.5 Å². The molecule has 0 spiro atoms. The third-order valence-corrected chi connectivity index (χ3v) is 4.18. The maximum Gasteiger partial charge on any atom is 0.337 e. The van der Waals surface area contributed by atoms with E-state index in [1.807, 2.05) is 42.7 Å². The van der Waals surface area contributed by atoms with Gasteiger partial charge in [-0.2, -0.15) is 0 Å². The Balaban J connectivity index is 2.36. The molecule has 0 saturated carbocycles. The van der Waals surface area contributed by atoms with Crippen LogP contribution in [0, 0.1) is 6.92 Å². The summed E-state index contributed by atoms with van der Waals surface area (Å²) in [6.45, 7) is 5.18. The lowest BCUT2D eigenvalue weighted by Gasteiger charge is -2.12. The molecule has 7 nitrogen and oxygen atoms in total. The van der Waals surface area contributed by atoms with E-state index in [2.05, 4.69) is 4.98 Å². The number of rotatable bonds is 6. The van der Waals surface area contributed by atoms with Crippen LogP contribution < -0.4 is 11.2 Å². The van der Waals surface area contributed by atoms with Crippen LogP contribution in [0.5, 0.6) is 0 Å². The van der Waals surface area contributed by atoms with Crippen LogP contribution in [-0.2, 0) is 17.8 Å². The van der Waals surface area contributed by atoms with Crippen LogP contribution in [0.3, 0.4) is 0 Å². The predicted molar refractivity (Wildman–Crippen MR) is 96.5 cm³/mol. The van der Waals surface area contributed by atoms with Gasteiger partial charge >= 0.3 is 5.69 Å². The Morgan fingerprint density at radius 3 is 2.48 bits per heavy atom. The van der Waals surface area contributed by atoms with E-state index in [4.69, 9.17) is 4.74 Å². The standard InChI is InChI=1S/C18H22N4O3/c1-4-9-20-12-19-16-15(20)17(23)21(10-11-25-3)18(24)22(16)14-7-5-13(2)6-8-14/h5-8,12H,4,9-11H2,1-3H3. The second-order valence-corrected chi connectivity index (χ2v) is 6.01. The number of aryl methyl sites for hydroxylation is 2. The molecule has 0 radical (unpaired) electrons. The normalized spacial score (nSPS) is 11.3. The van der Waals surface area contributed by atoms with E-state index in [-0.39, 0.29) is 18.7 Å². The Hall–Kier alpha value is -2.67. The number of methoxy groups -OCH3 is 1. The first-order valence-electron chi connectivity index (χ1n) is 8.35. The Labute approximate surface area is 145 Å². The maximum absolute atomic E-state index is 13.0. The summed E-state index contributed by atoms with van der Waals surface area (Å²) < 4.78 is 9.59. The lowest BCUT2D eigenvalue weighted by Crippen LogP contribution is -2.41. The first-order chi connectivity index (χ1) is 12.1. The van der Waals surface area contributed by atoms with E-state index in [0.717, 1.165) is 12.0 Å². The summed E-state index contributed by atoms with van der Waals surface area (Å²) in [6, 6.07) is 7.59. The van der Waals surface area contributed by atoms with E-state index in [9.17, 15) is 9.59 Å². The zero-order valence-electron chi connectivity index (χ0n) is 14.7. The topological polar surface area (TPSA) is 71.1 Å². The van der Waals surface area contributed by atoms with Crippen molar-refractivity contribution >= 4 is 11.2 Å². The SMILES string of the molecule is CCCn1cnc2c1c(=O)n(CCOC)c(=O)n2-c1ccc(C)cc1. The monoisotopic (exact) mass is 342 g/mol. The van der Waals surface area contributed by atoms with Gasteiger partial charge in [-0.25, -0.2) is 14.3 Å². The molecule has 0 fully saturated rings. The predicted octanol–water partition coefficient (Wildman–Crippen LogP) is 1.71. The Morgan fingerprint density at radius 2 is 1.84 bits per heavy atom. The highest BCUT2D eigenvalue weighted by Crippen LogP contribution is 2.14. The highest BCUT2D eigenvalue weighted by Gasteiger charge is 2.18. The molecule has 3 aromatic rings. The number of hydrogen-bond acceptors (Lipinski definition) is 4. The molecule has 0 atom stereocenters. The highest BCUT2D eigenvalue weighted by atomic mass is 16.5. The number of nitrogens with zero attached hydrogens (tertiary/aromatic N) is 4. The van der Waals surface area contributed by atoms with Crippen LogP contribution in [0.4, 0.5) is 0 Å². The Bertz CT molecular complexity index is 996. The molecule has 2 aromatic heterocycles. The minimum atomic E-state index is -0.403. The molecule has 2 heterocycles. The van der Waals surface area contributed by atoms with Gasteiger partial charge in [-0.1, -0.05) is 24.6 Å². The molecule has 0 aliphatic rings. The summed E-state index contributed by atoms with van der Waals surface area (Å²) in [5.74, 6) is 0. The van der Waals surface area contributed by atoms with Crippen molar-refractivity contribution in [3.05, 3.63) is 57.0 Å². The third kappa shape index (κ3) is 3.02. The number of fused-ring (bicyclic) bond motifs is 1. The summed E-state index contributed by atoms with van der Waals surface area (Å²) in [6.07, 6.45) is 2.49. The molecule has 25 heavy (non-hydrogen) atoms. The summed E-state index contributed by atoms with van der Waals surface area (Å²) in [5, 5.41) is 0. The van der Waals surface area contributed by atoms with Crippen LogP contribution in [0.15, 0.2) is 40.2 Å². The molecule has 0 bridgehead atoms. The summed E-state index contributed by atoms with van der Waals surface area (Å²) in [7, 11) is 1.55. The van der Waals surface area contributed by atoms with Crippen LogP contribution >= 0.6 is 0 Å². The summed E-state index contributed by atoms with van der Waals surface area (Å²) in [5.41, 5.74) is 1.89. The second kappa shape index (κ2) is 7.06. The van der Waals surface area contributed by atoms with Gasteiger partial charge in [0, 0.05) is 13.7 Å². The van der Waals surface area contributed by atoms with Gasteiger partial charge < -0.3 is 9.30 Å². The quantitative estimate of drug-likeness (QED) is 0.684. The first kappa shape index (κ1) is 17.2. The summed E-state index contributed by atoms with van der Waals surface area (Å²) in [4.78, 5) is 30.2. The molecule has 132 valence electrons. The fourth-order valence-electron chi connectivity index (χ4n) is 2.90. The fraction of sp³-hybridized carbons (Fsp3) is 0.389. The number of benzene rings is 1. The van der Waals surface area contributed by atoms with Crippen molar-refractivity contribution in [3.63, 3.8) is 0 Å². The number of ether oxygens (including phenoxy) is 1.